The summed E-state index contributed by atoms with van der Waals surface area (Å²) in [5.41, 5.74) is 0. The third-order valence-electron chi connectivity index (χ3n) is 0.740. The Morgan fingerprint density at radius 1 is 1.50 bits per heavy atom. The molecule has 0 rings (SSSR count). The summed E-state index contributed by atoms with van der Waals surface area (Å²) >= 11 is 2.00. The van der Waals surface area contributed by atoms with Gasteiger partial charge in [0.05, 0.1) is 0 Å². The number of hydrogen-bond donors (Lipinski definition) is 0. The zero-order valence-electron chi connectivity index (χ0n) is 5.81. The molecular formula is C7H15S. The molecule has 0 nitrogen and oxygen atoms in total. The molecule has 0 aromatic heterocycles. The van der Waals surface area contributed by atoms with E-state index >= 15 is 0 Å². The van der Waals surface area contributed by atoms with Crippen molar-refractivity contribution in [3.8, 4) is 0 Å². The summed E-state index contributed by atoms with van der Waals surface area (Å²) in [6, 6.07) is 0. The van der Waals surface area contributed by atoms with E-state index < -0.39 is 0 Å². The molecule has 0 amide bonds. The van der Waals surface area contributed by atoms with Gasteiger partial charge in [0, 0.05) is 0 Å². The molecule has 1 radical (unpaired) electrons. The van der Waals surface area contributed by atoms with Crippen molar-refractivity contribution >= 4 is 11.8 Å². The molecule has 0 aromatic carbocycles. The van der Waals surface area contributed by atoms with Crippen molar-refractivity contribution in [1.29, 1.82) is 0 Å². The monoisotopic (exact) mass is 131 g/mol. The van der Waals surface area contributed by atoms with E-state index in [-0.39, 0.29) is 0 Å². The fraction of sp³-hybridized carbons (Fsp3) is 0.857. The van der Waals surface area contributed by atoms with Crippen LogP contribution >= 0.6 is 11.8 Å². The maximum absolute atomic E-state index is 3.76. The predicted molar refractivity (Wildman–Crippen MR) is 42.1 cm³/mol. The number of hydrogen-bond acceptors (Lipinski definition) is 1. The molecule has 0 saturated heterocycles. The average molecular weight is 131 g/mol. The zero-order chi connectivity index (χ0) is 6.41. The van der Waals surface area contributed by atoms with Gasteiger partial charge in [-0.1, -0.05) is 20.8 Å². The van der Waals surface area contributed by atoms with Gasteiger partial charge in [-0.15, -0.1) is 0 Å². The van der Waals surface area contributed by atoms with Crippen LogP contribution in [0, 0.1) is 12.8 Å². The molecule has 0 heterocycles. The number of rotatable bonds is 4. The minimum absolute atomic E-state index is 0.839. The molecule has 0 aliphatic carbocycles. The smallest absolute Gasteiger partial charge is 0.00444 e. The van der Waals surface area contributed by atoms with Crippen LogP contribution in [0.25, 0.3) is 0 Å². The lowest BCUT2D eigenvalue weighted by molar-refractivity contribution is 0.750. The highest BCUT2D eigenvalue weighted by Gasteiger charge is 1.90. The Kier molecular flexibility index (Phi) is 5.73. The molecule has 0 aliphatic heterocycles. The van der Waals surface area contributed by atoms with Crippen LogP contribution < -0.4 is 0 Å². The predicted octanol–water partition coefficient (Wildman–Crippen LogP) is 2.60. The first-order valence-electron chi connectivity index (χ1n) is 3.14. The van der Waals surface area contributed by atoms with Crippen LogP contribution in [0.15, 0.2) is 0 Å². The Morgan fingerprint density at radius 2 is 2.12 bits per heavy atom. The van der Waals surface area contributed by atoms with Crippen LogP contribution in [-0.2, 0) is 0 Å². The van der Waals surface area contributed by atoms with E-state index in [0.717, 1.165) is 12.3 Å². The lowest BCUT2D eigenvalue weighted by Crippen LogP contribution is -1.90. The lowest BCUT2D eigenvalue weighted by atomic mass is 10.3. The van der Waals surface area contributed by atoms with Crippen LogP contribution in [0.3, 0.4) is 0 Å². The molecule has 0 aliphatic rings. The van der Waals surface area contributed by atoms with Crippen molar-refractivity contribution in [1.82, 2.24) is 0 Å². The Labute approximate surface area is 57.1 Å². The summed E-state index contributed by atoms with van der Waals surface area (Å²) in [4.78, 5) is 0. The summed E-state index contributed by atoms with van der Waals surface area (Å²) in [5.74, 6) is 3.35. The van der Waals surface area contributed by atoms with Gasteiger partial charge in [-0.25, -0.2) is 0 Å². The summed E-state index contributed by atoms with van der Waals surface area (Å²) in [6.07, 6.45) is 1.07. The van der Waals surface area contributed by atoms with Crippen molar-refractivity contribution in [3.63, 3.8) is 0 Å². The molecule has 0 aromatic rings. The Hall–Kier alpha value is 0.350. The normalized spacial score (nSPS) is 10.5. The summed E-state index contributed by atoms with van der Waals surface area (Å²) < 4.78 is 0. The Balaban J connectivity index is 2.72. The van der Waals surface area contributed by atoms with E-state index in [1.54, 1.807) is 0 Å². The quantitative estimate of drug-likeness (QED) is 0.528. The van der Waals surface area contributed by atoms with Crippen LogP contribution in [0.5, 0.6) is 0 Å². The molecule has 0 bridgehead atoms. The molecule has 0 atom stereocenters. The Morgan fingerprint density at radius 3 is 2.50 bits per heavy atom. The van der Waals surface area contributed by atoms with Gasteiger partial charge < -0.3 is 0 Å². The fourth-order valence-electron chi connectivity index (χ4n) is 0.421. The van der Waals surface area contributed by atoms with Crippen LogP contribution in [0.4, 0.5) is 0 Å². The molecule has 0 spiro atoms. The highest BCUT2D eigenvalue weighted by molar-refractivity contribution is 7.99. The highest BCUT2D eigenvalue weighted by atomic mass is 32.2. The third kappa shape index (κ3) is 6.35. The molecule has 49 valence electrons. The highest BCUT2D eigenvalue weighted by Crippen LogP contribution is 2.07. The molecular weight excluding hydrogens is 116 g/mol. The summed E-state index contributed by atoms with van der Waals surface area (Å²) in [6.45, 7) is 8.25. The first-order valence-corrected chi connectivity index (χ1v) is 4.29. The maximum Gasteiger partial charge on any atom is -0.00444 e. The van der Waals surface area contributed by atoms with E-state index in [9.17, 15) is 0 Å². The largest absolute Gasteiger partial charge is 0.162 e. The van der Waals surface area contributed by atoms with E-state index in [0.29, 0.717) is 0 Å². The molecule has 0 saturated carbocycles. The van der Waals surface area contributed by atoms with E-state index in [1.165, 1.54) is 11.5 Å². The molecule has 0 N–H and O–H groups in total. The maximum atomic E-state index is 3.76. The first kappa shape index (κ1) is 8.35. The fourth-order valence-corrected chi connectivity index (χ4v) is 1.26. The van der Waals surface area contributed by atoms with Crippen molar-refractivity contribution in [2.75, 3.05) is 11.5 Å². The van der Waals surface area contributed by atoms with E-state index in [1.807, 2.05) is 11.8 Å². The van der Waals surface area contributed by atoms with Crippen molar-refractivity contribution in [2.24, 2.45) is 5.92 Å². The molecule has 0 fully saturated rings. The first-order chi connectivity index (χ1) is 3.77. The molecule has 8 heavy (non-hydrogen) atoms. The second-order valence-electron chi connectivity index (χ2n) is 2.32. The molecule has 1 heteroatoms. The van der Waals surface area contributed by atoms with Gasteiger partial charge >= 0.3 is 0 Å². The van der Waals surface area contributed by atoms with Gasteiger partial charge in [-0.3, -0.25) is 0 Å². The van der Waals surface area contributed by atoms with Crippen LogP contribution in [0.2, 0.25) is 0 Å². The topological polar surface area (TPSA) is 0 Å². The van der Waals surface area contributed by atoms with Gasteiger partial charge in [0.25, 0.3) is 0 Å². The second kappa shape index (κ2) is 5.49. The molecule has 0 unspecified atom stereocenters. The second-order valence-corrected chi connectivity index (χ2v) is 3.47. The van der Waals surface area contributed by atoms with Gasteiger partial charge in [-0.05, 0) is 23.8 Å². The lowest BCUT2D eigenvalue weighted by Gasteiger charge is -2.00. The van der Waals surface area contributed by atoms with Crippen molar-refractivity contribution in [2.45, 2.75) is 20.3 Å². The SMILES string of the molecule is [CH2]CCSCC(C)C. The van der Waals surface area contributed by atoms with Gasteiger partial charge in [0.2, 0.25) is 0 Å². The van der Waals surface area contributed by atoms with E-state index in [4.69, 9.17) is 0 Å². The van der Waals surface area contributed by atoms with Crippen molar-refractivity contribution in [3.05, 3.63) is 6.92 Å². The summed E-state index contributed by atoms with van der Waals surface area (Å²) in [5, 5.41) is 0. The van der Waals surface area contributed by atoms with Gasteiger partial charge in [0.15, 0.2) is 0 Å². The van der Waals surface area contributed by atoms with Crippen molar-refractivity contribution < 1.29 is 0 Å². The van der Waals surface area contributed by atoms with Crippen LogP contribution in [-0.4, -0.2) is 11.5 Å². The number of thioether (sulfide) groups is 1. The summed E-state index contributed by atoms with van der Waals surface area (Å²) in [7, 11) is 0. The minimum atomic E-state index is 0.839. The average Bonchev–Trinajstić information content (AvgIpc) is 1.66. The van der Waals surface area contributed by atoms with Gasteiger partial charge in [-0.2, -0.15) is 11.8 Å². The van der Waals surface area contributed by atoms with Gasteiger partial charge in [0.1, 0.15) is 0 Å². The van der Waals surface area contributed by atoms with Crippen LogP contribution in [0.1, 0.15) is 20.3 Å². The third-order valence-corrected chi connectivity index (χ3v) is 2.22. The van der Waals surface area contributed by atoms with E-state index in [2.05, 4.69) is 20.8 Å². The Bertz CT molecular complexity index is 41.7. The standard InChI is InChI=1S/C7H15S/c1-4-5-8-6-7(2)3/h7H,1,4-6H2,2-3H3. The zero-order valence-corrected chi connectivity index (χ0v) is 6.63. The minimum Gasteiger partial charge on any atom is -0.162 e.